The molecule has 1 aliphatic heterocycles. The molecule has 1 aliphatic rings. The molecule has 0 fully saturated rings. The van der Waals surface area contributed by atoms with Crippen LogP contribution in [0.5, 0.6) is 0 Å². The number of anilines is 2. The lowest BCUT2D eigenvalue weighted by Crippen LogP contribution is -2.34. The van der Waals surface area contributed by atoms with Crippen molar-refractivity contribution in [1.82, 2.24) is 4.90 Å². The van der Waals surface area contributed by atoms with Crippen LogP contribution in [-0.2, 0) is 20.7 Å². The molecule has 8 nitrogen and oxygen atoms in total. The van der Waals surface area contributed by atoms with Gasteiger partial charge in [0.25, 0.3) is 17.7 Å². The van der Waals surface area contributed by atoms with E-state index in [1.54, 1.807) is 48.5 Å². The van der Waals surface area contributed by atoms with Gasteiger partial charge in [0.15, 0.2) is 0 Å². The molecule has 0 radical (unpaired) electrons. The number of nitrogens with zero attached hydrogens (tertiary/aromatic N) is 1. The normalized spacial score (nSPS) is 13.0. The van der Waals surface area contributed by atoms with Crippen molar-refractivity contribution in [3.05, 3.63) is 106 Å². The van der Waals surface area contributed by atoms with Crippen molar-refractivity contribution >= 4 is 46.7 Å². The van der Waals surface area contributed by atoms with Gasteiger partial charge in [-0.1, -0.05) is 55.3 Å². The molecule has 3 aromatic carbocycles. The van der Waals surface area contributed by atoms with E-state index in [-0.39, 0.29) is 23.2 Å². The first-order valence-corrected chi connectivity index (χ1v) is 13.0. The van der Waals surface area contributed by atoms with Crippen LogP contribution >= 0.6 is 11.6 Å². The lowest BCUT2D eigenvalue weighted by molar-refractivity contribution is -0.137. The summed E-state index contributed by atoms with van der Waals surface area (Å²) in [4.78, 5) is 51.3. The van der Waals surface area contributed by atoms with Crippen LogP contribution in [0.25, 0.3) is 0 Å². The number of amides is 3. The highest BCUT2D eigenvalue weighted by atomic mass is 35.5. The summed E-state index contributed by atoms with van der Waals surface area (Å²) in [5, 5.41) is 5.51. The number of esters is 1. The molecule has 1 heterocycles. The van der Waals surface area contributed by atoms with E-state index < -0.39 is 17.8 Å². The lowest BCUT2D eigenvalue weighted by atomic mass is 10.1. The third kappa shape index (κ3) is 6.91. The lowest BCUT2D eigenvalue weighted by Gasteiger charge is -2.15. The number of carbonyl (C=O) groups excluding carboxylic acids is 4. The fourth-order valence-electron chi connectivity index (χ4n) is 3.88. The fraction of sp³-hybridized carbons (Fsp3) is 0.200. The molecule has 3 aromatic rings. The van der Waals surface area contributed by atoms with Crippen molar-refractivity contribution in [3.63, 3.8) is 0 Å². The van der Waals surface area contributed by atoms with Gasteiger partial charge in [0, 0.05) is 23.5 Å². The summed E-state index contributed by atoms with van der Waals surface area (Å²) in [6, 6.07) is 22.4. The minimum absolute atomic E-state index is 0.000223. The molecule has 9 heteroatoms. The number of benzene rings is 3. The van der Waals surface area contributed by atoms with Gasteiger partial charge in [-0.15, -0.1) is 0 Å². The van der Waals surface area contributed by atoms with Crippen molar-refractivity contribution in [2.75, 3.05) is 23.8 Å². The summed E-state index contributed by atoms with van der Waals surface area (Å²) in [5.74, 6) is -1.80. The number of imide groups is 1. The van der Waals surface area contributed by atoms with Crippen molar-refractivity contribution in [3.8, 4) is 0 Å². The number of nitrogens with one attached hydrogen (secondary N) is 2. The van der Waals surface area contributed by atoms with Crippen LogP contribution in [0.3, 0.4) is 0 Å². The van der Waals surface area contributed by atoms with E-state index in [1.165, 1.54) is 0 Å². The second-order valence-corrected chi connectivity index (χ2v) is 9.29. The summed E-state index contributed by atoms with van der Waals surface area (Å²) in [6.45, 7) is 2.60. The van der Waals surface area contributed by atoms with Gasteiger partial charge in [-0.2, -0.15) is 0 Å². The number of ether oxygens (including phenoxy) is 1. The van der Waals surface area contributed by atoms with Crippen molar-refractivity contribution in [2.24, 2.45) is 0 Å². The maximum Gasteiger partial charge on any atom is 0.338 e. The average molecular weight is 546 g/mol. The Morgan fingerprint density at radius 3 is 2.15 bits per heavy atom. The van der Waals surface area contributed by atoms with E-state index in [2.05, 4.69) is 10.6 Å². The fourth-order valence-corrected chi connectivity index (χ4v) is 4.11. The van der Waals surface area contributed by atoms with E-state index in [9.17, 15) is 19.2 Å². The van der Waals surface area contributed by atoms with Crippen LogP contribution in [0.1, 0.15) is 46.0 Å². The van der Waals surface area contributed by atoms with Crippen LogP contribution < -0.4 is 10.6 Å². The van der Waals surface area contributed by atoms with Crippen LogP contribution in [0.4, 0.5) is 11.4 Å². The van der Waals surface area contributed by atoms with Gasteiger partial charge in [-0.3, -0.25) is 19.3 Å². The standard InChI is InChI=1S/C30H28ClN3O5/c1-2-3-19-39-30(38)22-11-15-24(16-12-22)33-27(35)21-9-13-23(14-10-21)32-26-25(31)28(36)34(29(26)37)18-17-20-7-5-4-6-8-20/h4-16,32H,2-3,17-19H2,1H3,(H,33,35). The molecule has 39 heavy (non-hydrogen) atoms. The molecule has 0 bridgehead atoms. The van der Waals surface area contributed by atoms with Crippen LogP contribution in [-0.4, -0.2) is 41.7 Å². The highest BCUT2D eigenvalue weighted by Gasteiger charge is 2.37. The molecule has 0 unspecified atom stereocenters. The Kier molecular flexibility index (Phi) is 9.12. The largest absolute Gasteiger partial charge is 0.462 e. The minimum atomic E-state index is -0.545. The molecule has 3 amide bonds. The van der Waals surface area contributed by atoms with Gasteiger partial charge in [-0.05, 0) is 66.9 Å². The number of hydrogen-bond acceptors (Lipinski definition) is 6. The van der Waals surface area contributed by atoms with Gasteiger partial charge >= 0.3 is 5.97 Å². The van der Waals surface area contributed by atoms with Gasteiger partial charge in [0.2, 0.25) is 0 Å². The molecule has 4 rings (SSSR count). The minimum Gasteiger partial charge on any atom is -0.462 e. The Balaban J connectivity index is 1.33. The summed E-state index contributed by atoms with van der Waals surface area (Å²) >= 11 is 6.20. The highest BCUT2D eigenvalue weighted by Crippen LogP contribution is 2.26. The Labute approximate surface area is 231 Å². The maximum atomic E-state index is 12.9. The number of hydrogen-bond donors (Lipinski definition) is 2. The maximum absolute atomic E-state index is 12.9. The zero-order valence-electron chi connectivity index (χ0n) is 21.4. The molecule has 0 atom stereocenters. The van der Waals surface area contributed by atoms with Crippen molar-refractivity contribution < 1.29 is 23.9 Å². The third-order valence-electron chi connectivity index (χ3n) is 6.10. The van der Waals surface area contributed by atoms with Gasteiger partial charge in [0.05, 0.1) is 12.2 Å². The first-order valence-electron chi connectivity index (χ1n) is 12.6. The Morgan fingerprint density at radius 2 is 1.49 bits per heavy atom. The van der Waals surface area contributed by atoms with Crippen LogP contribution in [0, 0.1) is 0 Å². The number of unbranched alkanes of at least 4 members (excludes halogenated alkanes) is 1. The van der Waals surface area contributed by atoms with Gasteiger partial charge < -0.3 is 15.4 Å². The van der Waals surface area contributed by atoms with E-state index in [0.717, 1.165) is 23.3 Å². The molecular weight excluding hydrogens is 518 g/mol. The van der Waals surface area contributed by atoms with E-state index in [0.29, 0.717) is 35.5 Å². The quantitative estimate of drug-likeness (QED) is 0.191. The van der Waals surface area contributed by atoms with Gasteiger partial charge in [0.1, 0.15) is 10.7 Å². The molecule has 2 N–H and O–H groups in total. The van der Waals surface area contributed by atoms with Crippen molar-refractivity contribution in [1.29, 1.82) is 0 Å². The second-order valence-electron chi connectivity index (χ2n) is 8.91. The molecule has 0 aromatic heterocycles. The summed E-state index contributed by atoms with van der Waals surface area (Å²) in [6.07, 6.45) is 2.26. The Bertz CT molecular complexity index is 1390. The van der Waals surface area contributed by atoms with E-state index >= 15 is 0 Å². The van der Waals surface area contributed by atoms with Gasteiger partial charge in [-0.25, -0.2) is 4.79 Å². The molecule has 0 aliphatic carbocycles. The Hall–Kier alpha value is -4.43. The topological polar surface area (TPSA) is 105 Å². The monoisotopic (exact) mass is 545 g/mol. The first kappa shape index (κ1) is 27.6. The van der Waals surface area contributed by atoms with Crippen LogP contribution in [0.15, 0.2) is 89.6 Å². The van der Waals surface area contributed by atoms with E-state index in [4.69, 9.17) is 16.3 Å². The Morgan fingerprint density at radius 1 is 0.846 bits per heavy atom. The third-order valence-corrected chi connectivity index (χ3v) is 6.45. The average Bonchev–Trinajstić information content (AvgIpc) is 3.15. The summed E-state index contributed by atoms with van der Waals surface area (Å²) in [5.41, 5.74) is 2.81. The molecule has 0 saturated carbocycles. The molecule has 0 saturated heterocycles. The van der Waals surface area contributed by atoms with E-state index in [1.807, 2.05) is 37.3 Å². The molecule has 200 valence electrons. The summed E-state index contributed by atoms with van der Waals surface area (Å²) < 4.78 is 5.19. The first-order chi connectivity index (χ1) is 18.9. The molecular formula is C30H28ClN3O5. The number of rotatable bonds is 11. The zero-order valence-corrected chi connectivity index (χ0v) is 22.2. The second kappa shape index (κ2) is 12.9. The summed E-state index contributed by atoms with van der Waals surface area (Å²) in [7, 11) is 0. The SMILES string of the molecule is CCCCOC(=O)c1ccc(NC(=O)c2ccc(NC3=C(Cl)C(=O)N(CCc4ccccc4)C3=O)cc2)cc1. The highest BCUT2D eigenvalue weighted by molar-refractivity contribution is 6.48. The molecule has 0 spiro atoms. The zero-order chi connectivity index (χ0) is 27.8. The number of halogens is 1. The number of carbonyl (C=O) groups is 4. The smallest absolute Gasteiger partial charge is 0.338 e. The predicted molar refractivity (Wildman–Crippen MR) is 149 cm³/mol. The predicted octanol–water partition coefficient (Wildman–Crippen LogP) is 5.37. The van der Waals surface area contributed by atoms with Crippen LogP contribution in [0.2, 0.25) is 0 Å². The van der Waals surface area contributed by atoms with Crippen molar-refractivity contribution in [2.45, 2.75) is 26.2 Å².